The van der Waals surface area contributed by atoms with Crippen molar-refractivity contribution in [3.63, 3.8) is 0 Å². The molecule has 0 unspecified atom stereocenters. The van der Waals surface area contributed by atoms with Gasteiger partial charge in [0.1, 0.15) is 16.7 Å². The van der Waals surface area contributed by atoms with Gasteiger partial charge in [0.15, 0.2) is 5.69 Å². The number of rotatable bonds is 7. The average Bonchev–Trinajstić information content (AvgIpc) is 2.73. The lowest BCUT2D eigenvalue weighted by Crippen LogP contribution is -2.32. The van der Waals surface area contributed by atoms with Gasteiger partial charge in [-0.05, 0) is 54.3 Å². The van der Waals surface area contributed by atoms with Gasteiger partial charge < -0.3 is 9.30 Å². The Balaban J connectivity index is 2.10. The van der Waals surface area contributed by atoms with Gasteiger partial charge in [0, 0.05) is 5.56 Å². The molecular formula is C23H22ClFN2O3. The lowest BCUT2D eigenvalue weighted by molar-refractivity contribution is 0.103. The Hall–Kier alpha value is -2.99. The minimum Gasteiger partial charge on any atom is -0.497 e. The molecule has 0 spiro atoms. The number of carbonyl (C=O) groups is 1. The number of methoxy groups -OCH3 is 1. The van der Waals surface area contributed by atoms with E-state index in [2.05, 4.69) is 4.98 Å². The lowest BCUT2D eigenvalue weighted by Gasteiger charge is -2.17. The van der Waals surface area contributed by atoms with E-state index in [-0.39, 0.29) is 28.9 Å². The van der Waals surface area contributed by atoms with Gasteiger partial charge >= 0.3 is 0 Å². The van der Waals surface area contributed by atoms with Crippen molar-refractivity contribution in [1.82, 2.24) is 9.55 Å². The predicted molar refractivity (Wildman–Crippen MR) is 114 cm³/mol. The highest BCUT2D eigenvalue weighted by atomic mass is 35.5. The summed E-state index contributed by atoms with van der Waals surface area (Å²) in [5, 5.41) is 0.113. The number of aromatic nitrogens is 2. The van der Waals surface area contributed by atoms with Crippen LogP contribution in [0.1, 0.15) is 41.2 Å². The Kier molecular flexibility index (Phi) is 6.67. The Morgan fingerprint density at radius 2 is 1.77 bits per heavy atom. The van der Waals surface area contributed by atoms with Crippen LogP contribution in [0.15, 0.2) is 53.3 Å². The van der Waals surface area contributed by atoms with E-state index in [4.69, 9.17) is 16.3 Å². The number of hydrogen-bond donors (Lipinski definition) is 0. The Bertz CT molecular complexity index is 1110. The summed E-state index contributed by atoms with van der Waals surface area (Å²) in [6, 6.07) is 12.3. The summed E-state index contributed by atoms with van der Waals surface area (Å²) in [5.74, 6) is -0.138. The second-order valence-electron chi connectivity index (χ2n) is 7.37. The van der Waals surface area contributed by atoms with Crippen LogP contribution in [0.2, 0.25) is 5.15 Å². The van der Waals surface area contributed by atoms with Crippen LogP contribution in [0.3, 0.4) is 0 Å². The first-order valence-corrected chi connectivity index (χ1v) is 9.90. The Morgan fingerprint density at radius 1 is 1.13 bits per heavy atom. The number of benzene rings is 2. The molecule has 0 aliphatic carbocycles. The third kappa shape index (κ3) is 4.76. The zero-order chi connectivity index (χ0) is 21.8. The summed E-state index contributed by atoms with van der Waals surface area (Å²) in [6.45, 7) is 4.25. The highest BCUT2D eigenvalue weighted by molar-refractivity contribution is 6.30. The summed E-state index contributed by atoms with van der Waals surface area (Å²) in [4.78, 5) is 30.3. The van der Waals surface area contributed by atoms with E-state index < -0.39 is 17.2 Å². The number of hydrogen-bond acceptors (Lipinski definition) is 4. The summed E-state index contributed by atoms with van der Waals surface area (Å²) < 4.78 is 19.9. The number of nitrogens with zero attached hydrogens (tertiary/aromatic N) is 2. The normalized spacial score (nSPS) is 11.0. The van der Waals surface area contributed by atoms with Crippen LogP contribution in [0.4, 0.5) is 4.39 Å². The van der Waals surface area contributed by atoms with Crippen LogP contribution < -0.4 is 10.3 Å². The van der Waals surface area contributed by atoms with Crippen molar-refractivity contribution in [2.24, 2.45) is 5.92 Å². The summed E-state index contributed by atoms with van der Waals surface area (Å²) >= 11 is 6.42. The Labute approximate surface area is 179 Å². The summed E-state index contributed by atoms with van der Waals surface area (Å²) in [7, 11) is 1.58. The number of carbonyl (C=O) groups excluding carboxylic acids is 1. The zero-order valence-electron chi connectivity index (χ0n) is 17.0. The van der Waals surface area contributed by atoms with Crippen molar-refractivity contribution in [2.75, 3.05) is 7.11 Å². The molecule has 0 aliphatic heterocycles. The van der Waals surface area contributed by atoms with Crippen molar-refractivity contribution < 1.29 is 13.9 Å². The van der Waals surface area contributed by atoms with E-state index in [1.54, 1.807) is 19.2 Å². The molecule has 7 heteroatoms. The van der Waals surface area contributed by atoms with E-state index in [1.165, 1.54) is 16.7 Å². The summed E-state index contributed by atoms with van der Waals surface area (Å²) in [5.41, 5.74) is 0.783. The molecule has 0 saturated carbocycles. The number of ketones is 1. The van der Waals surface area contributed by atoms with E-state index >= 15 is 0 Å². The third-order valence-electron chi connectivity index (χ3n) is 4.64. The molecule has 5 nitrogen and oxygen atoms in total. The third-order valence-corrected chi connectivity index (χ3v) is 4.95. The van der Waals surface area contributed by atoms with Gasteiger partial charge in [-0.25, -0.2) is 9.37 Å². The minimum atomic E-state index is -0.596. The average molecular weight is 429 g/mol. The smallest absolute Gasteiger partial charge is 0.281 e. The largest absolute Gasteiger partial charge is 0.497 e. The van der Waals surface area contributed by atoms with Crippen LogP contribution >= 0.6 is 11.6 Å². The quantitative estimate of drug-likeness (QED) is 0.519. The van der Waals surface area contributed by atoms with Gasteiger partial charge in [-0.15, -0.1) is 0 Å². The molecule has 0 N–H and O–H groups in total. The van der Waals surface area contributed by atoms with Crippen LogP contribution in [0, 0.1) is 11.7 Å². The molecular weight excluding hydrogens is 407 g/mol. The highest BCUT2D eigenvalue weighted by Gasteiger charge is 2.22. The van der Waals surface area contributed by atoms with Crippen molar-refractivity contribution in [3.8, 4) is 5.75 Å². The first kappa shape index (κ1) is 21.7. The maximum absolute atomic E-state index is 13.3. The SMILES string of the molecule is COc1ccc(Cn2c(CC(C)C)c(Cl)nc(C(=O)c3ccc(F)cc3)c2=O)cc1. The van der Waals surface area contributed by atoms with E-state index in [1.807, 2.05) is 26.0 Å². The molecule has 0 fully saturated rings. The molecule has 0 radical (unpaired) electrons. The van der Waals surface area contributed by atoms with Crippen molar-refractivity contribution in [1.29, 1.82) is 0 Å². The van der Waals surface area contributed by atoms with Crippen LogP contribution in [-0.4, -0.2) is 22.4 Å². The summed E-state index contributed by atoms with van der Waals surface area (Å²) in [6.07, 6.45) is 0.530. The zero-order valence-corrected chi connectivity index (χ0v) is 17.7. The fourth-order valence-electron chi connectivity index (χ4n) is 3.12. The maximum Gasteiger partial charge on any atom is 0.281 e. The molecule has 1 heterocycles. The molecule has 0 saturated heterocycles. The fourth-order valence-corrected chi connectivity index (χ4v) is 3.38. The van der Waals surface area contributed by atoms with E-state index in [0.717, 1.165) is 17.7 Å². The van der Waals surface area contributed by atoms with Gasteiger partial charge in [-0.3, -0.25) is 9.59 Å². The second-order valence-corrected chi connectivity index (χ2v) is 7.73. The van der Waals surface area contributed by atoms with Crippen LogP contribution in [0.5, 0.6) is 5.75 Å². The second kappa shape index (κ2) is 9.22. The number of ether oxygens (including phenoxy) is 1. The molecule has 3 rings (SSSR count). The van der Waals surface area contributed by atoms with Crippen LogP contribution in [0.25, 0.3) is 0 Å². The van der Waals surface area contributed by atoms with Gasteiger partial charge in [-0.1, -0.05) is 37.6 Å². The van der Waals surface area contributed by atoms with Gasteiger partial charge in [0.25, 0.3) is 5.56 Å². The Morgan fingerprint density at radius 3 is 2.33 bits per heavy atom. The maximum atomic E-state index is 13.3. The first-order chi connectivity index (χ1) is 14.3. The molecule has 0 bridgehead atoms. The lowest BCUT2D eigenvalue weighted by atomic mass is 10.1. The first-order valence-electron chi connectivity index (χ1n) is 9.52. The topological polar surface area (TPSA) is 61.2 Å². The monoisotopic (exact) mass is 428 g/mol. The molecule has 3 aromatic rings. The van der Waals surface area contributed by atoms with Crippen molar-refractivity contribution >= 4 is 17.4 Å². The van der Waals surface area contributed by atoms with Gasteiger partial charge in [0.2, 0.25) is 5.78 Å². The van der Waals surface area contributed by atoms with E-state index in [9.17, 15) is 14.0 Å². The van der Waals surface area contributed by atoms with Gasteiger partial charge in [-0.2, -0.15) is 0 Å². The van der Waals surface area contributed by atoms with Crippen molar-refractivity contribution in [3.05, 3.63) is 92.4 Å². The molecule has 0 amide bonds. The molecule has 0 aliphatic rings. The molecule has 30 heavy (non-hydrogen) atoms. The van der Waals surface area contributed by atoms with Crippen molar-refractivity contribution in [2.45, 2.75) is 26.8 Å². The molecule has 156 valence electrons. The standard InChI is InChI=1S/C23H22ClFN2O3/c1-14(2)12-19-22(24)26-20(21(28)16-6-8-17(25)9-7-16)23(29)27(19)13-15-4-10-18(30-3)11-5-15/h4-11,14H,12-13H2,1-3H3. The fraction of sp³-hybridized carbons (Fsp3) is 0.261. The molecule has 0 atom stereocenters. The van der Waals surface area contributed by atoms with Crippen LogP contribution in [-0.2, 0) is 13.0 Å². The minimum absolute atomic E-state index is 0.113. The van der Waals surface area contributed by atoms with Gasteiger partial charge in [0.05, 0.1) is 19.3 Å². The molecule has 2 aromatic carbocycles. The molecule has 1 aromatic heterocycles. The number of halogens is 2. The van der Waals surface area contributed by atoms with E-state index in [0.29, 0.717) is 17.9 Å². The highest BCUT2D eigenvalue weighted by Crippen LogP contribution is 2.20. The predicted octanol–water partition coefficient (Wildman–Crippen LogP) is 4.52.